The molecule has 1 atom stereocenters. The molecule has 3 rings (SSSR count). The van der Waals surface area contributed by atoms with Crippen LogP contribution in [-0.2, 0) is 0 Å². The zero-order chi connectivity index (χ0) is 11.1. The van der Waals surface area contributed by atoms with Crippen LogP contribution in [0.1, 0.15) is 13.0 Å². The van der Waals surface area contributed by atoms with Gasteiger partial charge in [-0.15, -0.1) is 0 Å². The van der Waals surface area contributed by atoms with Gasteiger partial charge in [-0.25, -0.2) is 4.98 Å². The first-order valence-corrected chi connectivity index (χ1v) is 5.87. The Morgan fingerprint density at radius 2 is 2.44 bits per heavy atom. The average Bonchev–Trinajstić information content (AvgIpc) is 2.71. The average molecular weight is 280 g/mol. The number of hydrogen-bond donors (Lipinski definition) is 0. The minimum atomic E-state index is 0.220. The second kappa shape index (κ2) is 3.59. The monoisotopic (exact) mass is 279 g/mol. The smallest absolute Gasteiger partial charge is 0.223 e. The van der Waals surface area contributed by atoms with E-state index in [0.29, 0.717) is 12.5 Å². The molecular formula is C11H10BrN3O. The molecule has 0 unspecified atom stereocenters. The van der Waals surface area contributed by atoms with Crippen LogP contribution < -0.4 is 4.74 Å². The van der Waals surface area contributed by atoms with E-state index in [4.69, 9.17) is 4.74 Å². The van der Waals surface area contributed by atoms with Crippen molar-refractivity contribution in [3.05, 3.63) is 29.0 Å². The summed E-state index contributed by atoms with van der Waals surface area (Å²) in [7, 11) is 0. The number of nitrogens with zero attached hydrogens (tertiary/aromatic N) is 3. The minimum absolute atomic E-state index is 0.220. The van der Waals surface area contributed by atoms with Crippen LogP contribution in [0.4, 0.5) is 0 Å². The van der Waals surface area contributed by atoms with E-state index in [1.807, 2.05) is 23.0 Å². The van der Waals surface area contributed by atoms with Crippen LogP contribution in [0.5, 0.6) is 5.88 Å². The zero-order valence-electron chi connectivity index (χ0n) is 8.72. The maximum Gasteiger partial charge on any atom is 0.223 e. The molecular weight excluding hydrogens is 270 g/mol. The number of ether oxygens (including phenoxy) is 1. The summed E-state index contributed by atoms with van der Waals surface area (Å²) in [6.07, 6.45) is 3.55. The molecule has 82 valence electrons. The number of fused-ring (bicyclic) bond motifs is 3. The van der Waals surface area contributed by atoms with E-state index in [1.54, 1.807) is 6.20 Å². The fourth-order valence-corrected chi connectivity index (χ4v) is 2.21. The lowest BCUT2D eigenvalue weighted by Crippen LogP contribution is -2.13. The van der Waals surface area contributed by atoms with Crippen molar-refractivity contribution in [2.75, 3.05) is 6.61 Å². The Balaban J connectivity index is 2.26. The highest BCUT2D eigenvalue weighted by molar-refractivity contribution is 9.10. The van der Waals surface area contributed by atoms with Crippen molar-refractivity contribution in [1.82, 2.24) is 14.8 Å². The molecule has 16 heavy (non-hydrogen) atoms. The molecule has 0 fully saturated rings. The van der Waals surface area contributed by atoms with Crippen LogP contribution in [0.25, 0.3) is 11.3 Å². The van der Waals surface area contributed by atoms with E-state index < -0.39 is 0 Å². The highest BCUT2D eigenvalue weighted by atomic mass is 79.9. The maximum atomic E-state index is 5.66. The van der Waals surface area contributed by atoms with E-state index in [9.17, 15) is 0 Å². The first-order chi connectivity index (χ1) is 7.75. The van der Waals surface area contributed by atoms with Crippen molar-refractivity contribution in [3.63, 3.8) is 0 Å². The van der Waals surface area contributed by atoms with Crippen molar-refractivity contribution in [3.8, 4) is 17.1 Å². The van der Waals surface area contributed by atoms with Gasteiger partial charge in [0.15, 0.2) is 0 Å². The van der Waals surface area contributed by atoms with Gasteiger partial charge in [0.05, 0.1) is 17.3 Å². The number of aromatic nitrogens is 3. The third kappa shape index (κ3) is 1.43. The van der Waals surface area contributed by atoms with Gasteiger partial charge in [0, 0.05) is 16.9 Å². The van der Waals surface area contributed by atoms with Crippen LogP contribution in [0.15, 0.2) is 29.0 Å². The van der Waals surface area contributed by atoms with E-state index in [-0.39, 0.29) is 6.04 Å². The van der Waals surface area contributed by atoms with Gasteiger partial charge in [0.1, 0.15) is 6.61 Å². The molecule has 3 heterocycles. The third-order valence-corrected chi connectivity index (χ3v) is 3.08. The molecule has 0 N–H and O–H groups in total. The lowest BCUT2D eigenvalue weighted by atomic mass is 10.2. The second-order valence-corrected chi connectivity index (χ2v) is 4.74. The Morgan fingerprint density at radius 3 is 3.31 bits per heavy atom. The molecule has 0 amide bonds. The Morgan fingerprint density at radius 1 is 1.56 bits per heavy atom. The van der Waals surface area contributed by atoms with E-state index in [1.165, 1.54) is 0 Å². The molecule has 0 spiro atoms. The normalized spacial score (nSPS) is 18.2. The third-order valence-electron chi connectivity index (χ3n) is 2.64. The number of halogens is 1. The molecule has 0 saturated carbocycles. The van der Waals surface area contributed by atoms with Gasteiger partial charge in [-0.2, -0.15) is 5.10 Å². The van der Waals surface area contributed by atoms with Crippen molar-refractivity contribution in [1.29, 1.82) is 0 Å². The summed E-state index contributed by atoms with van der Waals surface area (Å²) in [4.78, 5) is 4.28. The van der Waals surface area contributed by atoms with Crippen LogP contribution in [0, 0.1) is 0 Å². The Hall–Kier alpha value is -1.36. The SMILES string of the molecule is C[C@H]1COc2ncc(Br)cc2-c2ccnn21. The first kappa shape index (κ1) is 9.84. The molecule has 0 aromatic carbocycles. The first-order valence-electron chi connectivity index (χ1n) is 5.08. The zero-order valence-corrected chi connectivity index (χ0v) is 10.3. The molecule has 0 saturated heterocycles. The molecule has 2 aromatic rings. The molecule has 2 aromatic heterocycles. The lowest BCUT2D eigenvalue weighted by molar-refractivity contribution is 0.252. The van der Waals surface area contributed by atoms with E-state index >= 15 is 0 Å². The molecule has 4 nitrogen and oxygen atoms in total. The molecule has 1 aliphatic heterocycles. The summed E-state index contributed by atoms with van der Waals surface area (Å²) in [5.41, 5.74) is 2.03. The standard InChI is InChI=1S/C11H10BrN3O/c1-7-6-16-11-9(4-8(12)5-13-11)10-2-3-14-15(7)10/h2-5,7H,6H2,1H3/t7-/m0/s1. The Kier molecular flexibility index (Phi) is 2.21. The quantitative estimate of drug-likeness (QED) is 0.744. The Bertz CT molecular complexity index is 538. The summed E-state index contributed by atoms with van der Waals surface area (Å²) in [6, 6.07) is 4.21. The highest BCUT2D eigenvalue weighted by Crippen LogP contribution is 2.34. The van der Waals surface area contributed by atoms with Crippen molar-refractivity contribution >= 4 is 15.9 Å². The van der Waals surface area contributed by atoms with Crippen LogP contribution in [-0.4, -0.2) is 21.4 Å². The Labute approximate surface area is 101 Å². The fraction of sp³-hybridized carbons (Fsp3) is 0.273. The van der Waals surface area contributed by atoms with Crippen LogP contribution in [0.3, 0.4) is 0 Å². The highest BCUT2D eigenvalue weighted by Gasteiger charge is 2.21. The van der Waals surface area contributed by atoms with Crippen LogP contribution in [0.2, 0.25) is 0 Å². The van der Waals surface area contributed by atoms with E-state index in [2.05, 4.69) is 32.9 Å². The second-order valence-electron chi connectivity index (χ2n) is 3.83. The predicted molar refractivity (Wildman–Crippen MR) is 63.4 cm³/mol. The summed E-state index contributed by atoms with van der Waals surface area (Å²) in [5.74, 6) is 0.675. The topological polar surface area (TPSA) is 39.9 Å². The van der Waals surface area contributed by atoms with Gasteiger partial charge in [0.25, 0.3) is 0 Å². The molecule has 5 heteroatoms. The van der Waals surface area contributed by atoms with Gasteiger partial charge in [-0.1, -0.05) is 0 Å². The predicted octanol–water partition coefficient (Wildman–Crippen LogP) is 2.66. The largest absolute Gasteiger partial charge is 0.475 e. The van der Waals surface area contributed by atoms with Crippen molar-refractivity contribution < 1.29 is 4.74 Å². The fourth-order valence-electron chi connectivity index (χ4n) is 1.87. The van der Waals surface area contributed by atoms with Crippen molar-refractivity contribution in [2.45, 2.75) is 13.0 Å². The molecule has 1 aliphatic rings. The minimum Gasteiger partial charge on any atom is -0.475 e. The molecule has 0 radical (unpaired) electrons. The summed E-state index contributed by atoms with van der Waals surface area (Å²) in [5, 5.41) is 4.32. The summed E-state index contributed by atoms with van der Waals surface area (Å²) in [6.45, 7) is 2.67. The number of hydrogen-bond acceptors (Lipinski definition) is 3. The molecule has 0 bridgehead atoms. The van der Waals surface area contributed by atoms with Crippen molar-refractivity contribution in [2.24, 2.45) is 0 Å². The molecule has 0 aliphatic carbocycles. The van der Waals surface area contributed by atoms with Gasteiger partial charge < -0.3 is 4.74 Å². The number of rotatable bonds is 0. The van der Waals surface area contributed by atoms with Crippen LogP contribution >= 0.6 is 15.9 Å². The van der Waals surface area contributed by atoms with Gasteiger partial charge in [-0.05, 0) is 35.0 Å². The number of pyridine rings is 1. The van der Waals surface area contributed by atoms with Gasteiger partial charge in [-0.3, -0.25) is 4.68 Å². The maximum absolute atomic E-state index is 5.66. The summed E-state index contributed by atoms with van der Waals surface area (Å²) < 4.78 is 8.58. The summed E-state index contributed by atoms with van der Waals surface area (Å²) >= 11 is 3.42. The lowest BCUT2D eigenvalue weighted by Gasteiger charge is -2.10. The van der Waals surface area contributed by atoms with E-state index in [0.717, 1.165) is 15.7 Å². The van der Waals surface area contributed by atoms with Gasteiger partial charge in [0.2, 0.25) is 5.88 Å². The van der Waals surface area contributed by atoms with Gasteiger partial charge >= 0.3 is 0 Å².